The topological polar surface area (TPSA) is 67.6 Å². The van der Waals surface area contributed by atoms with Gasteiger partial charge in [0, 0.05) is 18.7 Å². The lowest BCUT2D eigenvalue weighted by Gasteiger charge is -2.00. The van der Waals surface area contributed by atoms with E-state index < -0.39 is 0 Å². The molecule has 0 spiro atoms. The van der Waals surface area contributed by atoms with Gasteiger partial charge in [0.05, 0.1) is 17.6 Å². The third kappa shape index (κ3) is 2.41. The first-order valence-electron chi connectivity index (χ1n) is 4.96. The van der Waals surface area contributed by atoms with Crippen molar-refractivity contribution in [3.63, 3.8) is 0 Å². The summed E-state index contributed by atoms with van der Waals surface area (Å²) in [6, 6.07) is 5.91. The zero-order valence-corrected chi connectivity index (χ0v) is 8.64. The summed E-state index contributed by atoms with van der Waals surface area (Å²) in [7, 11) is 0. The third-order valence-electron chi connectivity index (χ3n) is 2.08. The van der Waals surface area contributed by atoms with Crippen molar-refractivity contribution < 1.29 is 0 Å². The van der Waals surface area contributed by atoms with Crippen molar-refractivity contribution in [1.82, 2.24) is 15.0 Å². The normalized spacial score (nSPS) is 12.7. The second kappa shape index (κ2) is 4.23. The first-order valence-corrected chi connectivity index (χ1v) is 4.96. The number of hydrogen-bond donors (Lipinski definition) is 2. The molecule has 0 saturated heterocycles. The molecule has 0 amide bonds. The summed E-state index contributed by atoms with van der Waals surface area (Å²) in [5.74, 6) is 0.908. The molecule has 3 N–H and O–H groups in total. The van der Waals surface area contributed by atoms with Crippen LogP contribution in [0.15, 0.2) is 30.6 Å². The number of hydrogen-bond acceptors (Lipinski definition) is 3. The van der Waals surface area contributed by atoms with E-state index >= 15 is 0 Å². The van der Waals surface area contributed by atoms with E-state index in [1.807, 2.05) is 25.1 Å². The number of aromatic nitrogens is 3. The van der Waals surface area contributed by atoms with Gasteiger partial charge in [-0.2, -0.15) is 0 Å². The molecule has 2 heterocycles. The highest BCUT2D eigenvalue weighted by atomic mass is 14.9. The number of nitrogens with one attached hydrogen (secondary N) is 1. The highest BCUT2D eigenvalue weighted by Gasteiger charge is 2.05. The van der Waals surface area contributed by atoms with Crippen LogP contribution in [0.5, 0.6) is 0 Å². The van der Waals surface area contributed by atoms with Gasteiger partial charge in [-0.3, -0.25) is 4.98 Å². The van der Waals surface area contributed by atoms with Crippen LogP contribution in [0.3, 0.4) is 0 Å². The van der Waals surface area contributed by atoms with Crippen LogP contribution in [0, 0.1) is 0 Å². The maximum atomic E-state index is 5.70. The van der Waals surface area contributed by atoms with Crippen molar-refractivity contribution in [3.05, 3.63) is 36.4 Å². The Balaban J connectivity index is 2.21. The predicted molar refractivity (Wildman–Crippen MR) is 59.2 cm³/mol. The molecule has 2 rings (SSSR count). The first kappa shape index (κ1) is 9.86. The second-order valence-electron chi connectivity index (χ2n) is 3.64. The van der Waals surface area contributed by atoms with Crippen LogP contribution in [0.2, 0.25) is 0 Å². The van der Waals surface area contributed by atoms with Gasteiger partial charge in [-0.05, 0) is 19.1 Å². The molecule has 0 aliphatic rings. The molecule has 1 atom stereocenters. The fourth-order valence-corrected chi connectivity index (χ4v) is 1.42. The molecule has 78 valence electrons. The average molecular weight is 202 g/mol. The van der Waals surface area contributed by atoms with Crippen LogP contribution < -0.4 is 5.73 Å². The minimum atomic E-state index is 0.118. The molecule has 0 aromatic carbocycles. The van der Waals surface area contributed by atoms with Crippen LogP contribution in [-0.2, 0) is 6.42 Å². The van der Waals surface area contributed by atoms with Crippen molar-refractivity contribution in [2.24, 2.45) is 5.73 Å². The van der Waals surface area contributed by atoms with Gasteiger partial charge in [0.1, 0.15) is 5.82 Å². The van der Waals surface area contributed by atoms with Crippen molar-refractivity contribution in [1.29, 1.82) is 0 Å². The van der Waals surface area contributed by atoms with Crippen molar-refractivity contribution >= 4 is 0 Å². The van der Waals surface area contributed by atoms with E-state index in [4.69, 9.17) is 5.73 Å². The smallest absolute Gasteiger partial charge is 0.108 e. The number of H-pyrrole nitrogens is 1. The quantitative estimate of drug-likeness (QED) is 0.789. The lowest BCUT2D eigenvalue weighted by Crippen LogP contribution is -2.18. The summed E-state index contributed by atoms with van der Waals surface area (Å²) in [5, 5.41) is 0. The Morgan fingerprint density at radius 3 is 2.93 bits per heavy atom. The molecular weight excluding hydrogens is 188 g/mol. The lowest BCUT2D eigenvalue weighted by atomic mass is 10.2. The zero-order chi connectivity index (χ0) is 10.7. The summed E-state index contributed by atoms with van der Waals surface area (Å²) in [5.41, 5.74) is 7.54. The predicted octanol–water partition coefficient (Wildman–Crippen LogP) is 1.36. The van der Waals surface area contributed by atoms with E-state index in [0.29, 0.717) is 0 Å². The van der Waals surface area contributed by atoms with Crippen LogP contribution in [0.1, 0.15) is 12.7 Å². The summed E-state index contributed by atoms with van der Waals surface area (Å²) < 4.78 is 0. The summed E-state index contributed by atoms with van der Waals surface area (Å²) >= 11 is 0. The van der Waals surface area contributed by atoms with Gasteiger partial charge in [-0.25, -0.2) is 4.98 Å². The molecule has 0 aliphatic heterocycles. The monoisotopic (exact) mass is 202 g/mol. The minimum Gasteiger partial charge on any atom is -0.341 e. The highest BCUT2D eigenvalue weighted by Crippen LogP contribution is 2.13. The van der Waals surface area contributed by atoms with Gasteiger partial charge in [0.15, 0.2) is 0 Å². The number of nitrogens with zero attached hydrogens (tertiary/aromatic N) is 2. The molecule has 15 heavy (non-hydrogen) atoms. The van der Waals surface area contributed by atoms with E-state index in [9.17, 15) is 0 Å². The Morgan fingerprint density at radius 1 is 1.40 bits per heavy atom. The second-order valence-corrected chi connectivity index (χ2v) is 3.64. The number of imidazole rings is 1. The molecular formula is C11H14N4. The van der Waals surface area contributed by atoms with Crippen LogP contribution in [0.25, 0.3) is 11.4 Å². The maximum absolute atomic E-state index is 5.70. The summed E-state index contributed by atoms with van der Waals surface area (Å²) in [6.07, 6.45) is 4.31. The molecule has 4 heteroatoms. The van der Waals surface area contributed by atoms with E-state index in [-0.39, 0.29) is 6.04 Å². The molecule has 1 unspecified atom stereocenters. The minimum absolute atomic E-state index is 0.118. The average Bonchev–Trinajstić information content (AvgIpc) is 2.67. The molecule has 0 bridgehead atoms. The van der Waals surface area contributed by atoms with Gasteiger partial charge in [0.25, 0.3) is 0 Å². The van der Waals surface area contributed by atoms with E-state index in [1.165, 1.54) is 0 Å². The Labute approximate surface area is 88.6 Å². The van der Waals surface area contributed by atoms with Crippen LogP contribution in [-0.4, -0.2) is 21.0 Å². The van der Waals surface area contributed by atoms with Gasteiger partial charge in [-0.1, -0.05) is 6.07 Å². The van der Waals surface area contributed by atoms with Crippen molar-refractivity contribution in [2.75, 3.05) is 0 Å². The van der Waals surface area contributed by atoms with Crippen molar-refractivity contribution in [2.45, 2.75) is 19.4 Å². The fourth-order valence-electron chi connectivity index (χ4n) is 1.42. The molecule has 0 radical (unpaired) electrons. The number of aromatic amines is 1. The number of rotatable bonds is 3. The summed E-state index contributed by atoms with van der Waals surface area (Å²) in [6.45, 7) is 1.96. The maximum Gasteiger partial charge on any atom is 0.108 e. The third-order valence-corrected chi connectivity index (χ3v) is 2.08. The van der Waals surface area contributed by atoms with Gasteiger partial charge in [-0.15, -0.1) is 0 Å². The SMILES string of the molecule is CC(N)Cc1ncc(-c2ccccn2)[nH]1. The van der Waals surface area contributed by atoms with Gasteiger partial charge in [0.2, 0.25) is 0 Å². The largest absolute Gasteiger partial charge is 0.341 e. The molecule has 0 aliphatic carbocycles. The number of nitrogens with two attached hydrogens (primary N) is 1. The van der Waals surface area contributed by atoms with Crippen LogP contribution >= 0.6 is 0 Å². The van der Waals surface area contributed by atoms with E-state index in [1.54, 1.807) is 12.4 Å². The molecule has 0 saturated carbocycles. The Hall–Kier alpha value is -1.68. The summed E-state index contributed by atoms with van der Waals surface area (Å²) in [4.78, 5) is 11.7. The standard InChI is InChI=1S/C11H14N4/c1-8(12)6-11-14-7-10(15-11)9-4-2-3-5-13-9/h2-5,7-8H,6,12H2,1H3,(H,14,15). The van der Waals surface area contributed by atoms with E-state index in [2.05, 4.69) is 15.0 Å². The first-order chi connectivity index (χ1) is 7.25. The van der Waals surface area contributed by atoms with Crippen molar-refractivity contribution in [3.8, 4) is 11.4 Å². The molecule has 2 aromatic heterocycles. The van der Waals surface area contributed by atoms with Gasteiger partial charge >= 0.3 is 0 Å². The lowest BCUT2D eigenvalue weighted by molar-refractivity contribution is 0.710. The molecule has 0 fully saturated rings. The van der Waals surface area contributed by atoms with Gasteiger partial charge < -0.3 is 10.7 Å². The number of pyridine rings is 1. The highest BCUT2D eigenvalue weighted by molar-refractivity contribution is 5.52. The zero-order valence-electron chi connectivity index (χ0n) is 8.64. The molecule has 2 aromatic rings. The fraction of sp³-hybridized carbons (Fsp3) is 0.273. The van der Waals surface area contributed by atoms with E-state index in [0.717, 1.165) is 23.6 Å². The Morgan fingerprint density at radius 2 is 2.27 bits per heavy atom. The molecule has 4 nitrogen and oxygen atoms in total. The Kier molecular flexibility index (Phi) is 2.78. The van der Waals surface area contributed by atoms with Crippen LogP contribution in [0.4, 0.5) is 0 Å². The Bertz CT molecular complexity index is 419.